The maximum absolute atomic E-state index is 13.1. The minimum Gasteiger partial charge on any atom is -0.508 e. The molecule has 4 amide bonds. The quantitative estimate of drug-likeness (QED) is 0.0100. The van der Waals surface area contributed by atoms with E-state index in [9.17, 15) is 58.8 Å². The first-order valence-corrected chi connectivity index (χ1v) is 34.3. The van der Waals surface area contributed by atoms with Gasteiger partial charge >= 0.3 is 11.9 Å². The predicted octanol–water partition coefficient (Wildman–Crippen LogP) is 14.3. The van der Waals surface area contributed by atoms with Crippen molar-refractivity contribution in [3.63, 3.8) is 0 Å². The molecule has 548 valence electrons. The summed E-state index contributed by atoms with van der Waals surface area (Å²) in [5.41, 5.74) is 2.81. The molecule has 101 heavy (non-hydrogen) atoms. The summed E-state index contributed by atoms with van der Waals surface area (Å²) in [6.45, 7) is 5.91. The minimum absolute atomic E-state index is 0. The number of halogens is 2. The van der Waals surface area contributed by atoms with E-state index in [2.05, 4.69) is 21.3 Å². The SMILES string of the molecule is C.C.C.O=C(CCCCCNC(=O)c1ccc(-c2c3ccc(=O)cc-3oc3cc(O)ccc23)c(C(=O)O)c1)NCCOCCOCCCCCCCl.O=C(CCCCCNC(=O)c1ccc(C(=O)O)c(-c2c3ccc(=O)cc-3oc3cc(O)ccc23)c1)NCCOCCOCCCCCCCl. The fourth-order valence-electron chi connectivity index (χ4n) is 10.9. The Morgan fingerprint density at radius 1 is 0.376 bits per heavy atom. The molecular weight excluding hydrogens is 1340 g/mol. The average Bonchev–Trinajstić information content (AvgIpc) is 0.756. The van der Waals surface area contributed by atoms with Crippen molar-refractivity contribution < 1.29 is 77.0 Å². The number of unbranched alkanes of at least 4 members (excludes halogenated alkanes) is 10. The zero-order valence-corrected chi connectivity index (χ0v) is 56.4. The van der Waals surface area contributed by atoms with Gasteiger partial charge in [0.15, 0.2) is 10.9 Å². The third-order valence-corrected chi connectivity index (χ3v) is 16.4. The second kappa shape index (κ2) is 45.8. The topological polar surface area (TPSA) is 329 Å². The van der Waals surface area contributed by atoms with Crippen LogP contribution in [0.3, 0.4) is 0 Å². The Bertz CT molecular complexity index is 3990. The second-order valence-corrected chi connectivity index (χ2v) is 24.0. The Balaban J connectivity index is 0.000000416. The lowest BCUT2D eigenvalue weighted by Gasteiger charge is -2.17. The third-order valence-electron chi connectivity index (χ3n) is 15.9. The normalized spacial score (nSPS) is 10.9. The van der Waals surface area contributed by atoms with Crippen LogP contribution in [0.5, 0.6) is 11.5 Å². The zero-order chi connectivity index (χ0) is 70.0. The number of phenols is 2. The maximum Gasteiger partial charge on any atom is 0.336 e. The van der Waals surface area contributed by atoms with Gasteiger partial charge in [-0.1, -0.05) is 66.9 Å². The fourth-order valence-corrected chi connectivity index (χ4v) is 11.3. The molecule has 0 unspecified atom stereocenters. The Kier molecular flexibility index (Phi) is 38.3. The van der Waals surface area contributed by atoms with Crippen molar-refractivity contribution in [1.29, 1.82) is 0 Å². The summed E-state index contributed by atoms with van der Waals surface area (Å²) in [6, 6.07) is 26.1. The second-order valence-electron chi connectivity index (χ2n) is 23.3. The van der Waals surface area contributed by atoms with Crippen molar-refractivity contribution in [2.24, 2.45) is 0 Å². The van der Waals surface area contributed by atoms with Gasteiger partial charge in [0.1, 0.15) is 34.2 Å². The molecule has 0 saturated carbocycles. The minimum atomic E-state index is -1.23. The summed E-state index contributed by atoms with van der Waals surface area (Å²) in [5, 5.41) is 52.6. The highest BCUT2D eigenvalue weighted by atomic mass is 35.5. The highest BCUT2D eigenvalue weighted by Crippen LogP contribution is 2.44. The number of hydrogen-bond donors (Lipinski definition) is 8. The van der Waals surface area contributed by atoms with Crippen molar-refractivity contribution in [3.8, 4) is 56.4 Å². The Labute approximate surface area is 600 Å². The number of phenolic OH excluding ortho intramolecular Hbond substituents is 2. The number of rotatable bonds is 42. The van der Waals surface area contributed by atoms with Gasteiger partial charge < -0.3 is 69.5 Å². The molecule has 0 aromatic heterocycles. The van der Waals surface area contributed by atoms with E-state index < -0.39 is 17.8 Å². The van der Waals surface area contributed by atoms with Crippen LogP contribution >= 0.6 is 23.2 Å². The first-order valence-electron chi connectivity index (χ1n) is 33.2. The third kappa shape index (κ3) is 27.2. The number of carboxylic acids is 2. The number of benzene rings is 6. The molecule has 2 heterocycles. The number of aromatic carboxylic acids is 2. The summed E-state index contributed by atoms with van der Waals surface area (Å²) >= 11 is 11.3. The van der Waals surface area contributed by atoms with Crippen LogP contribution < -0.4 is 32.1 Å². The van der Waals surface area contributed by atoms with E-state index in [0.29, 0.717) is 168 Å². The van der Waals surface area contributed by atoms with Crippen LogP contribution in [0.25, 0.3) is 66.8 Å². The van der Waals surface area contributed by atoms with Crippen LogP contribution in [-0.2, 0) is 28.5 Å². The number of hydrogen-bond acceptors (Lipinski definition) is 16. The molecule has 0 saturated heterocycles. The molecule has 2 aliphatic carbocycles. The lowest BCUT2D eigenvalue weighted by molar-refractivity contribution is -0.122. The Hall–Kier alpha value is -8.90. The maximum atomic E-state index is 13.1. The number of carboxylic acid groups (broad SMARTS) is 2. The molecule has 8 N–H and O–H groups in total. The van der Waals surface area contributed by atoms with Crippen molar-refractivity contribution in [1.82, 2.24) is 21.3 Å². The number of carbonyl (C=O) groups is 6. The van der Waals surface area contributed by atoms with E-state index >= 15 is 0 Å². The van der Waals surface area contributed by atoms with E-state index in [0.717, 1.165) is 64.2 Å². The number of nitrogens with one attached hydrogen (secondary N) is 4. The van der Waals surface area contributed by atoms with Gasteiger partial charge in [0.05, 0.1) is 50.8 Å². The van der Waals surface area contributed by atoms with Gasteiger partial charge in [0, 0.05) is 132 Å². The number of amides is 4. The molecule has 22 nitrogen and oxygen atoms in total. The molecule has 4 aliphatic rings. The van der Waals surface area contributed by atoms with Gasteiger partial charge in [0.25, 0.3) is 11.8 Å². The van der Waals surface area contributed by atoms with Gasteiger partial charge in [-0.25, -0.2) is 9.59 Å². The van der Waals surface area contributed by atoms with E-state index in [1.165, 1.54) is 72.8 Å². The molecule has 0 bridgehead atoms. The molecule has 4 aromatic carbocycles. The average molecular weight is 1440 g/mol. The molecular formula is C77H98Cl2N4O18. The van der Waals surface area contributed by atoms with E-state index in [-0.39, 0.29) is 113 Å². The molecule has 0 radical (unpaired) electrons. The Morgan fingerprint density at radius 3 is 1.24 bits per heavy atom. The summed E-state index contributed by atoms with van der Waals surface area (Å²) in [5.74, 6) is -1.57. The first kappa shape index (κ1) is 84.5. The van der Waals surface area contributed by atoms with E-state index in [1.807, 2.05) is 0 Å². The van der Waals surface area contributed by atoms with E-state index in [1.54, 1.807) is 36.4 Å². The lowest BCUT2D eigenvalue weighted by Crippen LogP contribution is -2.27. The molecule has 2 aliphatic heterocycles. The van der Waals surface area contributed by atoms with Crippen LogP contribution in [0.4, 0.5) is 0 Å². The van der Waals surface area contributed by atoms with Crippen LogP contribution in [0.2, 0.25) is 0 Å². The lowest BCUT2D eigenvalue weighted by atomic mass is 9.89. The summed E-state index contributed by atoms with van der Waals surface area (Å²) in [7, 11) is 0. The summed E-state index contributed by atoms with van der Waals surface area (Å²) < 4.78 is 33.8. The van der Waals surface area contributed by atoms with Gasteiger partial charge in [-0.2, -0.15) is 0 Å². The molecule has 4 aromatic rings. The first-order chi connectivity index (χ1) is 47.6. The predicted molar refractivity (Wildman–Crippen MR) is 396 cm³/mol. The Morgan fingerprint density at radius 2 is 0.782 bits per heavy atom. The monoisotopic (exact) mass is 1440 g/mol. The highest BCUT2D eigenvalue weighted by Gasteiger charge is 2.26. The smallest absolute Gasteiger partial charge is 0.336 e. The van der Waals surface area contributed by atoms with E-state index in [4.69, 9.17) is 51.0 Å². The van der Waals surface area contributed by atoms with Gasteiger partial charge in [-0.05, 0) is 141 Å². The molecule has 24 heteroatoms. The molecule has 0 fully saturated rings. The van der Waals surface area contributed by atoms with Gasteiger partial charge in [-0.3, -0.25) is 28.8 Å². The zero-order valence-electron chi connectivity index (χ0n) is 54.9. The summed E-state index contributed by atoms with van der Waals surface area (Å²) in [4.78, 5) is 99.1. The summed E-state index contributed by atoms with van der Waals surface area (Å²) in [6.07, 6.45) is 13.4. The van der Waals surface area contributed by atoms with Crippen molar-refractivity contribution in [3.05, 3.63) is 152 Å². The van der Waals surface area contributed by atoms with Crippen LogP contribution in [0.15, 0.2) is 128 Å². The molecule has 0 spiro atoms. The van der Waals surface area contributed by atoms with Crippen molar-refractivity contribution in [2.45, 2.75) is 125 Å². The number of ether oxygens (including phenoxy) is 4. The largest absolute Gasteiger partial charge is 0.508 e. The number of carbonyl (C=O) groups excluding carboxylic acids is 4. The fraction of sp³-hybridized carbons (Fsp3) is 0.429. The molecule has 8 rings (SSSR count). The standard InChI is InChI=1S/2C37H43ClN2O9.3CH4/c38-15-5-1-2-7-18-47-20-21-48-19-17-39-34(43)8-4-3-6-16-40-36(44)25-9-12-28(37(45)46)31(22-25)35-29-13-10-26(41)23-32(29)49-33-24-27(42)11-14-30(33)35;38-15-5-1-2-7-18-47-20-21-48-19-17-39-34(43)8-4-3-6-16-40-36(44)25-9-12-28(31(22-25)37(45)46)35-29-13-10-26(41)23-32(29)49-33-24-27(42)11-14-30(33)35;;;/h2*9-14,22-24,41H,1-8,15-21H2,(H,39,43)(H,40,44)(H,45,46);3*1H4. The van der Waals surface area contributed by atoms with Crippen LogP contribution in [-0.4, -0.2) is 147 Å². The van der Waals surface area contributed by atoms with Crippen molar-refractivity contribution >= 4 is 80.7 Å². The number of aromatic hydroxyl groups is 2. The van der Waals surface area contributed by atoms with Crippen LogP contribution in [0.1, 0.15) is 166 Å². The van der Waals surface area contributed by atoms with Crippen LogP contribution in [0, 0.1) is 0 Å². The highest BCUT2D eigenvalue weighted by molar-refractivity contribution is 6.18. The molecule has 0 atom stereocenters. The number of fused-ring (bicyclic) bond motifs is 4. The number of alkyl halides is 2. The van der Waals surface area contributed by atoms with Gasteiger partial charge in [0.2, 0.25) is 11.8 Å². The van der Waals surface area contributed by atoms with Crippen molar-refractivity contribution in [2.75, 3.05) is 90.8 Å². The van der Waals surface area contributed by atoms with Gasteiger partial charge in [-0.15, -0.1) is 23.2 Å².